The molecule has 1 saturated heterocycles. The van der Waals surface area contributed by atoms with E-state index in [2.05, 4.69) is 11.3 Å². The number of nitrogens with one attached hydrogen (secondary N) is 1. The first-order valence-electron chi connectivity index (χ1n) is 7.16. The maximum absolute atomic E-state index is 12.4. The van der Waals surface area contributed by atoms with E-state index < -0.39 is 26.0 Å². The molecule has 1 heterocycles. The highest BCUT2D eigenvalue weighted by atomic mass is 32.2. The van der Waals surface area contributed by atoms with Crippen LogP contribution in [0.2, 0.25) is 0 Å². The van der Waals surface area contributed by atoms with Gasteiger partial charge in [-0.1, -0.05) is 6.08 Å². The van der Waals surface area contributed by atoms with Crippen LogP contribution in [0.3, 0.4) is 0 Å². The molecule has 0 saturated carbocycles. The van der Waals surface area contributed by atoms with Crippen molar-refractivity contribution in [3.8, 4) is 5.75 Å². The fraction of sp³-hybridized carbons (Fsp3) is 0.357. The molecule has 132 valence electrons. The molecule has 1 aliphatic heterocycles. The van der Waals surface area contributed by atoms with Gasteiger partial charge in [0.05, 0.1) is 18.0 Å². The zero-order chi connectivity index (χ0) is 18.0. The number of benzene rings is 1. The number of anilines is 1. The van der Waals surface area contributed by atoms with Crippen molar-refractivity contribution in [2.75, 3.05) is 23.2 Å². The van der Waals surface area contributed by atoms with Crippen LogP contribution >= 0.6 is 0 Å². The summed E-state index contributed by atoms with van der Waals surface area (Å²) in [5.41, 5.74) is -0.0278. The van der Waals surface area contributed by atoms with Gasteiger partial charge in [-0.3, -0.25) is 4.79 Å². The Morgan fingerprint density at radius 1 is 1.42 bits per heavy atom. The Balaban J connectivity index is 2.56. The van der Waals surface area contributed by atoms with Gasteiger partial charge in [0, 0.05) is 13.0 Å². The molecule has 0 bridgehead atoms. The van der Waals surface area contributed by atoms with E-state index in [0.717, 1.165) is 6.07 Å². The van der Waals surface area contributed by atoms with Crippen molar-refractivity contribution >= 4 is 31.6 Å². The number of rotatable bonds is 7. The maximum atomic E-state index is 12.4. The topological polar surface area (TPSA) is 110 Å². The van der Waals surface area contributed by atoms with Crippen LogP contribution in [0.25, 0.3) is 0 Å². The number of hydrogen-bond donors (Lipinski definition) is 1. The Kier molecular flexibility index (Phi) is 5.31. The summed E-state index contributed by atoms with van der Waals surface area (Å²) < 4.78 is 57.1. The highest BCUT2D eigenvalue weighted by Crippen LogP contribution is 2.32. The Bertz CT molecular complexity index is 861. The van der Waals surface area contributed by atoms with Crippen LogP contribution in [0.4, 0.5) is 5.69 Å². The number of hydrogen-bond acceptors (Lipinski definition) is 6. The smallest absolute Gasteiger partial charge is 0.244 e. The van der Waals surface area contributed by atoms with Gasteiger partial charge < -0.3 is 4.74 Å². The molecule has 1 aliphatic rings. The predicted molar refractivity (Wildman–Crippen MR) is 88.9 cm³/mol. The van der Waals surface area contributed by atoms with Gasteiger partial charge in [0.2, 0.25) is 26.0 Å². The maximum Gasteiger partial charge on any atom is 0.244 e. The second-order valence-electron chi connectivity index (χ2n) is 4.93. The zero-order valence-electron chi connectivity index (χ0n) is 13.1. The summed E-state index contributed by atoms with van der Waals surface area (Å²) in [4.78, 5) is 11.6. The molecule has 0 aliphatic carbocycles. The first-order valence-corrected chi connectivity index (χ1v) is 10.3. The highest BCUT2D eigenvalue weighted by molar-refractivity contribution is 7.94. The molecule has 0 spiro atoms. The molecule has 0 aromatic heterocycles. The summed E-state index contributed by atoms with van der Waals surface area (Å²) in [6.45, 7) is 5.35. The van der Waals surface area contributed by atoms with Crippen LogP contribution in [-0.2, 0) is 24.8 Å². The van der Waals surface area contributed by atoms with Crippen LogP contribution in [0.15, 0.2) is 35.7 Å². The van der Waals surface area contributed by atoms with Gasteiger partial charge in [0.1, 0.15) is 10.6 Å². The minimum Gasteiger partial charge on any atom is -0.492 e. The summed E-state index contributed by atoms with van der Waals surface area (Å²) in [5.74, 6) is -0.820. The molecule has 2 rings (SSSR count). The molecule has 1 aromatic rings. The average molecular weight is 374 g/mol. The van der Waals surface area contributed by atoms with Gasteiger partial charge in [0.15, 0.2) is 0 Å². The number of amides is 1. The van der Waals surface area contributed by atoms with Crippen molar-refractivity contribution in [1.82, 2.24) is 4.72 Å². The molecular formula is C14H18N2O6S2. The number of sulfonamides is 2. The predicted octanol–water partition coefficient (Wildman–Crippen LogP) is 0.616. The van der Waals surface area contributed by atoms with Gasteiger partial charge in [0.25, 0.3) is 0 Å². The molecule has 24 heavy (non-hydrogen) atoms. The first kappa shape index (κ1) is 18.4. The Hall–Kier alpha value is -1.91. The standard InChI is InChI=1S/C14H18N2O6S2/c1-3-8-15-24(20,21)13-10-11(5-6-12(13)22-4-2)16-14(17)7-9-23(16,18)19/h3,5-6,10,15H,1,4,7-9H2,2H3. The first-order chi connectivity index (χ1) is 11.2. The lowest BCUT2D eigenvalue weighted by Crippen LogP contribution is -2.30. The number of carbonyl (C=O) groups is 1. The molecule has 1 aromatic carbocycles. The average Bonchev–Trinajstić information content (AvgIpc) is 2.79. The van der Waals surface area contributed by atoms with Crippen LogP contribution in [0.5, 0.6) is 5.75 Å². The molecular weight excluding hydrogens is 356 g/mol. The van der Waals surface area contributed by atoms with Crippen LogP contribution in [0, 0.1) is 0 Å². The monoisotopic (exact) mass is 374 g/mol. The summed E-state index contributed by atoms with van der Waals surface area (Å²) in [5, 5.41) is 0. The van der Waals surface area contributed by atoms with Gasteiger partial charge in [-0.15, -0.1) is 6.58 Å². The third-order valence-corrected chi connectivity index (χ3v) is 6.38. The van der Waals surface area contributed by atoms with Crippen molar-refractivity contribution in [3.63, 3.8) is 0 Å². The van der Waals surface area contributed by atoms with E-state index in [1.807, 2.05) is 0 Å². The molecule has 0 atom stereocenters. The summed E-state index contributed by atoms with van der Waals surface area (Å²) in [6, 6.07) is 3.80. The number of nitrogens with zero attached hydrogens (tertiary/aromatic N) is 1. The van der Waals surface area contributed by atoms with Crippen molar-refractivity contribution in [2.45, 2.75) is 18.2 Å². The number of ether oxygens (including phenoxy) is 1. The normalized spacial score (nSPS) is 17.0. The molecule has 1 fully saturated rings. The fourth-order valence-electron chi connectivity index (χ4n) is 2.22. The lowest BCUT2D eigenvalue weighted by atomic mass is 10.3. The van der Waals surface area contributed by atoms with Crippen molar-refractivity contribution < 1.29 is 26.4 Å². The summed E-state index contributed by atoms with van der Waals surface area (Å²) >= 11 is 0. The van der Waals surface area contributed by atoms with E-state index in [1.165, 1.54) is 18.2 Å². The highest BCUT2D eigenvalue weighted by Gasteiger charge is 2.37. The molecule has 1 amide bonds. The van der Waals surface area contributed by atoms with E-state index in [9.17, 15) is 21.6 Å². The molecule has 10 heteroatoms. The van der Waals surface area contributed by atoms with Gasteiger partial charge in [-0.25, -0.2) is 25.9 Å². The van der Waals surface area contributed by atoms with Gasteiger partial charge >= 0.3 is 0 Å². The van der Waals surface area contributed by atoms with Crippen LogP contribution in [0.1, 0.15) is 13.3 Å². The van der Waals surface area contributed by atoms with Crippen molar-refractivity contribution in [2.24, 2.45) is 0 Å². The van der Waals surface area contributed by atoms with Gasteiger partial charge in [-0.05, 0) is 25.1 Å². The Morgan fingerprint density at radius 3 is 2.67 bits per heavy atom. The quantitative estimate of drug-likeness (QED) is 0.701. The lowest BCUT2D eigenvalue weighted by molar-refractivity contribution is -0.116. The molecule has 1 N–H and O–H groups in total. The van der Waals surface area contributed by atoms with Crippen molar-refractivity contribution in [1.29, 1.82) is 0 Å². The van der Waals surface area contributed by atoms with Crippen LogP contribution in [-0.4, -0.2) is 41.6 Å². The molecule has 0 unspecified atom stereocenters. The third kappa shape index (κ3) is 3.60. The largest absolute Gasteiger partial charge is 0.492 e. The summed E-state index contributed by atoms with van der Waals surface area (Å²) in [6.07, 6.45) is 1.24. The summed E-state index contributed by atoms with van der Waals surface area (Å²) in [7, 11) is -7.74. The molecule has 0 radical (unpaired) electrons. The van der Waals surface area contributed by atoms with E-state index in [-0.39, 0.29) is 41.7 Å². The van der Waals surface area contributed by atoms with Crippen molar-refractivity contribution in [3.05, 3.63) is 30.9 Å². The van der Waals surface area contributed by atoms with E-state index in [0.29, 0.717) is 4.31 Å². The van der Waals surface area contributed by atoms with E-state index >= 15 is 0 Å². The van der Waals surface area contributed by atoms with Gasteiger partial charge in [-0.2, -0.15) is 0 Å². The SMILES string of the molecule is C=CCNS(=O)(=O)c1cc(N2C(=O)CCS2(=O)=O)ccc1OCC. The second kappa shape index (κ2) is 6.91. The lowest BCUT2D eigenvalue weighted by Gasteiger charge is -2.18. The zero-order valence-corrected chi connectivity index (χ0v) is 14.7. The Labute approximate surface area is 141 Å². The minimum absolute atomic E-state index is 0.000923. The van der Waals surface area contributed by atoms with E-state index in [4.69, 9.17) is 4.74 Å². The number of carbonyl (C=O) groups excluding carboxylic acids is 1. The third-order valence-electron chi connectivity index (χ3n) is 3.25. The molecule has 8 nitrogen and oxygen atoms in total. The van der Waals surface area contributed by atoms with E-state index in [1.54, 1.807) is 6.92 Å². The fourth-order valence-corrected chi connectivity index (χ4v) is 4.84. The minimum atomic E-state index is -3.96. The van der Waals surface area contributed by atoms with Crippen LogP contribution < -0.4 is 13.8 Å². The second-order valence-corrected chi connectivity index (χ2v) is 8.60. The Morgan fingerprint density at radius 2 is 2.12 bits per heavy atom.